The Labute approximate surface area is 139 Å². The average Bonchev–Trinajstić information content (AvgIpc) is 3.10. The van der Waals surface area contributed by atoms with E-state index in [1.165, 1.54) is 4.80 Å². The standard InChI is InChI=1S/C15H20N6O3/c1-23-11-21-18-14(17-19-21)13-4-2-12(3-5-13)10-24-15(22)20-8-6-16-7-9-20/h2-5,16H,6-11H2,1H3. The van der Waals surface area contributed by atoms with E-state index < -0.39 is 0 Å². The lowest BCUT2D eigenvalue weighted by molar-refractivity contribution is 0.0918. The maximum absolute atomic E-state index is 12.0. The third kappa shape index (κ3) is 4.06. The van der Waals surface area contributed by atoms with Crippen molar-refractivity contribution >= 4 is 6.09 Å². The Morgan fingerprint density at radius 2 is 2.00 bits per heavy atom. The van der Waals surface area contributed by atoms with Gasteiger partial charge in [-0.1, -0.05) is 24.3 Å². The fourth-order valence-electron chi connectivity index (χ4n) is 2.36. The number of benzene rings is 1. The first-order valence-corrected chi connectivity index (χ1v) is 7.75. The summed E-state index contributed by atoms with van der Waals surface area (Å²) in [6, 6.07) is 7.53. The van der Waals surface area contributed by atoms with Gasteiger partial charge < -0.3 is 19.7 Å². The number of nitrogens with one attached hydrogen (secondary N) is 1. The predicted molar refractivity (Wildman–Crippen MR) is 84.9 cm³/mol. The Bertz CT molecular complexity index is 666. The first-order valence-electron chi connectivity index (χ1n) is 7.75. The number of amides is 1. The minimum absolute atomic E-state index is 0.243. The summed E-state index contributed by atoms with van der Waals surface area (Å²) in [6.07, 6.45) is -0.273. The predicted octanol–water partition coefficient (Wildman–Crippen LogP) is 0.486. The lowest BCUT2D eigenvalue weighted by Crippen LogP contribution is -2.46. The first-order chi connectivity index (χ1) is 11.8. The second kappa shape index (κ2) is 7.84. The highest BCUT2D eigenvalue weighted by molar-refractivity contribution is 5.67. The zero-order valence-corrected chi connectivity index (χ0v) is 13.5. The highest BCUT2D eigenvalue weighted by Crippen LogP contribution is 2.15. The number of carbonyl (C=O) groups excluding carboxylic acids is 1. The first kappa shape index (κ1) is 16.3. The molecule has 1 aromatic carbocycles. The van der Waals surface area contributed by atoms with E-state index in [4.69, 9.17) is 9.47 Å². The second-order valence-electron chi connectivity index (χ2n) is 5.39. The molecule has 1 fully saturated rings. The van der Waals surface area contributed by atoms with Crippen LogP contribution in [0.4, 0.5) is 4.79 Å². The zero-order valence-electron chi connectivity index (χ0n) is 13.5. The molecule has 1 N–H and O–H groups in total. The minimum Gasteiger partial charge on any atom is -0.445 e. The van der Waals surface area contributed by atoms with Crippen LogP contribution in [0.25, 0.3) is 11.4 Å². The highest BCUT2D eigenvalue weighted by atomic mass is 16.6. The fraction of sp³-hybridized carbons (Fsp3) is 0.467. The summed E-state index contributed by atoms with van der Waals surface area (Å²) in [5.74, 6) is 0.524. The van der Waals surface area contributed by atoms with Crippen molar-refractivity contribution in [2.75, 3.05) is 33.3 Å². The van der Waals surface area contributed by atoms with Crippen LogP contribution in [0.1, 0.15) is 5.56 Å². The Kier molecular flexibility index (Phi) is 5.34. The van der Waals surface area contributed by atoms with Crippen molar-refractivity contribution in [3.05, 3.63) is 29.8 Å². The summed E-state index contributed by atoms with van der Waals surface area (Å²) in [6.45, 7) is 3.47. The Hall–Kier alpha value is -2.52. The van der Waals surface area contributed by atoms with Crippen LogP contribution >= 0.6 is 0 Å². The molecule has 9 nitrogen and oxygen atoms in total. The van der Waals surface area contributed by atoms with E-state index in [-0.39, 0.29) is 19.4 Å². The Morgan fingerprint density at radius 1 is 1.25 bits per heavy atom. The van der Waals surface area contributed by atoms with Crippen LogP contribution in [-0.2, 0) is 22.8 Å². The van der Waals surface area contributed by atoms with E-state index in [0.717, 1.165) is 24.2 Å². The van der Waals surface area contributed by atoms with Crippen LogP contribution < -0.4 is 5.32 Å². The molecule has 1 aliphatic heterocycles. The van der Waals surface area contributed by atoms with Gasteiger partial charge in [0.2, 0.25) is 5.82 Å². The van der Waals surface area contributed by atoms with Crippen LogP contribution in [0.3, 0.4) is 0 Å². The van der Waals surface area contributed by atoms with Crippen LogP contribution in [0.2, 0.25) is 0 Å². The molecule has 0 radical (unpaired) electrons. The van der Waals surface area contributed by atoms with Gasteiger partial charge in [0.15, 0.2) is 6.73 Å². The molecule has 0 bridgehead atoms. The molecule has 24 heavy (non-hydrogen) atoms. The van der Waals surface area contributed by atoms with Crippen molar-refractivity contribution in [2.45, 2.75) is 13.3 Å². The largest absolute Gasteiger partial charge is 0.445 e. The maximum atomic E-state index is 12.0. The third-order valence-corrected chi connectivity index (χ3v) is 3.65. The average molecular weight is 332 g/mol. The van der Waals surface area contributed by atoms with Crippen molar-refractivity contribution in [3.63, 3.8) is 0 Å². The van der Waals surface area contributed by atoms with E-state index in [1.807, 2.05) is 24.3 Å². The van der Waals surface area contributed by atoms with Crippen molar-refractivity contribution in [1.29, 1.82) is 0 Å². The lowest BCUT2D eigenvalue weighted by atomic mass is 10.1. The number of carbonyl (C=O) groups is 1. The molecule has 1 amide bonds. The second-order valence-corrected chi connectivity index (χ2v) is 5.39. The van der Waals surface area contributed by atoms with Crippen molar-refractivity contribution in [3.8, 4) is 11.4 Å². The van der Waals surface area contributed by atoms with Crippen molar-refractivity contribution in [1.82, 2.24) is 30.4 Å². The molecule has 0 saturated carbocycles. The van der Waals surface area contributed by atoms with Crippen LogP contribution in [0, 0.1) is 0 Å². The molecule has 1 aliphatic rings. The van der Waals surface area contributed by atoms with Gasteiger partial charge in [-0.25, -0.2) is 4.79 Å². The maximum Gasteiger partial charge on any atom is 0.410 e. The molecule has 0 unspecified atom stereocenters. The molecule has 9 heteroatoms. The van der Waals surface area contributed by atoms with Gasteiger partial charge >= 0.3 is 6.09 Å². The van der Waals surface area contributed by atoms with Crippen LogP contribution in [0.15, 0.2) is 24.3 Å². The number of ether oxygens (including phenoxy) is 2. The summed E-state index contributed by atoms with van der Waals surface area (Å²) < 4.78 is 10.3. The van der Waals surface area contributed by atoms with E-state index in [9.17, 15) is 4.79 Å². The molecule has 0 atom stereocenters. The highest BCUT2D eigenvalue weighted by Gasteiger charge is 2.17. The van der Waals surface area contributed by atoms with Gasteiger partial charge in [0, 0.05) is 38.9 Å². The van der Waals surface area contributed by atoms with E-state index in [0.29, 0.717) is 18.9 Å². The number of piperazine rings is 1. The molecule has 0 aliphatic carbocycles. The number of aromatic nitrogens is 4. The zero-order chi connectivity index (χ0) is 16.8. The molecule has 1 saturated heterocycles. The molecule has 128 valence electrons. The third-order valence-electron chi connectivity index (χ3n) is 3.65. The summed E-state index contributed by atoms with van der Waals surface area (Å²) in [5.41, 5.74) is 1.75. The number of hydrogen-bond donors (Lipinski definition) is 1. The molecule has 2 aromatic rings. The molecular weight excluding hydrogens is 312 g/mol. The van der Waals surface area contributed by atoms with Gasteiger partial charge in [-0.05, 0) is 10.8 Å². The number of tetrazole rings is 1. The Morgan fingerprint density at radius 3 is 2.71 bits per heavy atom. The molecule has 1 aromatic heterocycles. The van der Waals surface area contributed by atoms with E-state index in [1.54, 1.807) is 12.0 Å². The van der Waals surface area contributed by atoms with Crippen LogP contribution in [-0.4, -0.2) is 64.5 Å². The summed E-state index contributed by atoms with van der Waals surface area (Å²) in [5, 5.41) is 15.3. The van der Waals surface area contributed by atoms with Gasteiger partial charge in [0.1, 0.15) is 6.61 Å². The van der Waals surface area contributed by atoms with Crippen LogP contribution in [0.5, 0.6) is 0 Å². The summed E-state index contributed by atoms with van der Waals surface area (Å²) in [7, 11) is 1.57. The summed E-state index contributed by atoms with van der Waals surface area (Å²) in [4.78, 5) is 15.0. The topological polar surface area (TPSA) is 94.4 Å². The van der Waals surface area contributed by atoms with Gasteiger partial charge in [0.05, 0.1) is 0 Å². The number of hydrogen-bond acceptors (Lipinski definition) is 7. The smallest absolute Gasteiger partial charge is 0.410 e. The summed E-state index contributed by atoms with van der Waals surface area (Å²) >= 11 is 0. The molecule has 0 spiro atoms. The van der Waals surface area contributed by atoms with Gasteiger partial charge in [0.25, 0.3) is 0 Å². The molecule has 2 heterocycles. The normalized spacial score (nSPS) is 14.6. The number of methoxy groups -OCH3 is 1. The van der Waals surface area contributed by atoms with Gasteiger partial charge in [-0.3, -0.25) is 0 Å². The minimum atomic E-state index is -0.273. The van der Waals surface area contributed by atoms with Gasteiger partial charge in [-0.15, -0.1) is 15.0 Å². The van der Waals surface area contributed by atoms with Crippen molar-refractivity contribution in [2.24, 2.45) is 0 Å². The van der Waals surface area contributed by atoms with E-state index >= 15 is 0 Å². The number of nitrogens with zero attached hydrogens (tertiary/aromatic N) is 5. The van der Waals surface area contributed by atoms with Gasteiger partial charge in [-0.2, -0.15) is 0 Å². The van der Waals surface area contributed by atoms with Crippen molar-refractivity contribution < 1.29 is 14.3 Å². The molecule has 3 rings (SSSR count). The quantitative estimate of drug-likeness (QED) is 0.851. The van der Waals surface area contributed by atoms with E-state index in [2.05, 4.69) is 20.7 Å². The Balaban J connectivity index is 1.54. The number of rotatable bonds is 5. The fourth-order valence-corrected chi connectivity index (χ4v) is 2.36. The monoisotopic (exact) mass is 332 g/mol. The lowest BCUT2D eigenvalue weighted by Gasteiger charge is -2.26. The SMILES string of the molecule is COCn1nnc(-c2ccc(COC(=O)N3CCNCC3)cc2)n1. The molecular formula is C15H20N6O3.